The first-order valence-corrected chi connectivity index (χ1v) is 8.03. The lowest BCUT2D eigenvalue weighted by atomic mass is 10.1. The molecule has 1 aliphatic rings. The average molecular weight is 302 g/mol. The molecule has 1 fully saturated rings. The molecule has 0 radical (unpaired) electrons. The monoisotopic (exact) mass is 302 g/mol. The molecule has 0 aromatic heterocycles. The highest BCUT2D eigenvalue weighted by molar-refractivity contribution is 7.89. The van der Waals surface area contributed by atoms with Gasteiger partial charge in [-0.15, -0.1) is 0 Å². The van der Waals surface area contributed by atoms with Crippen molar-refractivity contribution in [3.8, 4) is 0 Å². The van der Waals surface area contributed by atoms with Gasteiger partial charge in [0.15, 0.2) is 0 Å². The maximum atomic E-state index is 13.8. The molecule has 5 nitrogen and oxygen atoms in total. The molecule has 0 spiro atoms. The molecule has 0 aliphatic heterocycles. The van der Waals surface area contributed by atoms with Gasteiger partial charge in [0, 0.05) is 12.2 Å². The van der Waals surface area contributed by atoms with E-state index in [9.17, 15) is 17.9 Å². The lowest BCUT2D eigenvalue weighted by molar-refractivity contribution is 0.134. The number of sulfonamides is 1. The Bertz CT molecular complexity index is 604. The molecule has 2 unspecified atom stereocenters. The van der Waals surface area contributed by atoms with Crippen molar-refractivity contribution in [3.05, 3.63) is 23.5 Å². The fourth-order valence-electron chi connectivity index (χ4n) is 2.42. The number of hydrogen-bond acceptors (Lipinski definition) is 4. The summed E-state index contributed by atoms with van der Waals surface area (Å²) in [5, 5.41) is 9.66. The number of anilines is 1. The summed E-state index contributed by atoms with van der Waals surface area (Å²) in [7, 11) is -3.96. The summed E-state index contributed by atoms with van der Waals surface area (Å²) in [4.78, 5) is -0.451. The molecule has 1 aliphatic carbocycles. The standard InChI is InChI=1S/C13H19FN2O3S/c1-8-5-10(14)13(6-11(8)15)20(18,19)16-7-9-3-2-4-12(9)17/h5-6,9,12,16-17H,2-4,7,15H2,1H3. The van der Waals surface area contributed by atoms with E-state index in [2.05, 4.69) is 4.72 Å². The summed E-state index contributed by atoms with van der Waals surface area (Å²) in [6.45, 7) is 1.72. The average Bonchev–Trinajstić information content (AvgIpc) is 2.77. The third-order valence-electron chi connectivity index (χ3n) is 3.76. The van der Waals surface area contributed by atoms with E-state index in [1.54, 1.807) is 6.92 Å². The van der Waals surface area contributed by atoms with Crippen LogP contribution >= 0.6 is 0 Å². The summed E-state index contributed by atoms with van der Waals surface area (Å²) < 4.78 is 40.3. The summed E-state index contributed by atoms with van der Waals surface area (Å²) >= 11 is 0. The predicted octanol–water partition coefficient (Wildman–Crippen LogP) is 1.16. The molecule has 2 rings (SSSR count). The van der Waals surface area contributed by atoms with Crippen LogP contribution < -0.4 is 10.5 Å². The van der Waals surface area contributed by atoms with Crippen molar-refractivity contribution < 1.29 is 17.9 Å². The quantitative estimate of drug-likeness (QED) is 0.728. The van der Waals surface area contributed by atoms with Crippen molar-refractivity contribution in [2.75, 3.05) is 12.3 Å². The number of nitrogens with one attached hydrogen (secondary N) is 1. The van der Waals surface area contributed by atoms with Gasteiger partial charge in [0.25, 0.3) is 0 Å². The van der Waals surface area contributed by atoms with Crippen LogP contribution in [-0.4, -0.2) is 26.2 Å². The Morgan fingerprint density at radius 2 is 2.15 bits per heavy atom. The van der Waals surface area contributed by atoms with Gasteiger partial charge in [-0.25, -0.2) is 17.5 Å². The van der Waals surface area contributed by atoms with Gasteiger partial charge >= 0.3 is 0 Å². The van der Waals surface area contributed by atoms with Crippen molar-refractivity contribution in [1.82, 2.24) is 4.72 Å². The molecule has 4 N–H and O–H groups in total. The number of aryl methyl sites for hydroxylation is 1. The van der Waals surface area contributed by atoms with Crippen LogP contribution in [-0.2, 0) is 10.0 Å². The fraction of sp³-hybridized carbons (Fsp3) is 0.538. The van der Waals surface area contributed by atoms with Crippen LogP contribution in [0.5, 0.6) is 0 Å². The molecule has 0 saturated heterocycles. The Balaban J connectivity index is 2.16. The molecule has 1 saturated carbocycles. The van der Waals surface area contributed by atoms with E-state index in [1.165, 1.54) is 0 Å². The second-order valence-electron chi connectivity index (χ2n) is 5.25. The zero-order valence-corrected chi connectivity index (χ0v) is 12.1. The van der Waals surface area contributed by atoms with Gasteiger partial charge in [0.1, 0.15) is 10.7 Å². The number of hydrogen-bond donors (Lipinski definition) is 3. The predicted molar refractivity (Wildman–Crippen MR) is 74.1 cm³/mol. The van der Waals surface area contributed by atoms with E-state index in [-0.39, 0.29) is 18.2 Å². The van der Waals surface area contributed by atoms with Gasteiger partial charge < -0.3 is 10.8 Å². The zero-order chi connectivity index (χ0) is 14.9. The van der Waals surface area contributed by atoms with E-state index in [1.807, 2.05) is 0 Å². The van der Waals surface area contributed by atoms with E-state index in [4.69, 9.17) is 5.73 Å². The first-order chi connectivity index (χ1) is 9.31. The molecule has 0 heterocycles. The van der Waals surface area contributed by atoms with Gasteiger partial charge in [0.2, 0.25) is 10.0 Å². The lowest BCUT2D eigenvalue weighted by Crippen LogP contribution is -2.33. The fourth-order valence-corrected chi connectivity index (χ4v) is 3.61. The molecule has 0 bridgehead atoms. The summed E-state index contributed by atoms with van der Waals surface area (Å²) in [5.74, 6) is -0.938. The molecule has 7 heteroatoms. The topological polar surface area (TPSA) is 92.4 Å². The van der Waals surface area contributed by atoms with Crippen LogP contribution in [0.2, 0.25) is 0 Å². The van der Waals surface area contributed by atoms with Crippen LogP contribution in [0.3, 0.4) is 0 Å². The van der Waals surface area contributed by atoms with E-state index < -0.39 is 26.8 Å². The van der Waals surface area contributed by atoms with Crippen LogP contribution in [0, 0.1) is 18.7 Å². The van der Waals surface area contributed by atoms with Gasteiger partial charge in [0.05, 0.1) is 6.10 Å². The van der Waals surface area contributed by atoms with Gasteiger partial charge in [-0.05, 0) is 43.4 Å². The Labute approximate surface area is 118 Å². The number of nitrogens with two attached hydrogens (primary N) is 1. The number of nitrogen functional groups attached to an aromatic ring is 1. The normalized spacial score (nSPS) is 23.1. The van der Waals surface area contributed by atoms with E-state index in [0.29, 0.717) is 12.0 Å². The Morgan fingerprint density at radius 1 is 1.45 bits per heavy atom. The Kier molecular flexibility index (Phi) is 4.31. The molecular formula is C13H19FN2O3S. The molecule has 20 heavy (non-hydrogen) atoms. The summed E-state index contributed by atoms with van der Waals surface area (Å²) in [5.41, 5.74) is 6.35. The van der Waals surface area contributed by atoms with Crippen molar-refractivity contribution in [2.45, 2.75) is 37.2 Å². The highest BCUT2D eigenvalue weighted by atomic mass is 32.2. The van der Waals surface area contributed by atoms with Crippen molar-refractivity contribution >= 4 is 15.7 Å². The number of aliphatic hydroxyl groups excluding tert-OH is 1. The highest BCUT2D eigenvalue weighted by Crippen LogP contribution is 2.26. The minimum absolute atomic E-state index is 0.108. The molecule has 1 aromatic rings. The van der Waals surface area contributed by atoms with E-state index in [0.717, 1.165) is 25.0 Å². The number of rotatable bonds is 4. The first kappa shape index (κ1) is 15.2. The van der Waals surface area contributed by atoms with Crippen LogP contribution in [0.4, 0.5) is 10.1 Å². The van der Waals surface area contributed by atoms with Crippen LogP contribution in [0.15, 0.2) is 17.0 Å². The van der Waals surface area contributed by atoms with Crippen molar-refractivity contribution in [2.24, 2.45) is 5.92 Å². The van der Waals surface area contributed by atoms with Gasteiger partial charge in [-0.3, -0.25) is 0 Å². The second-order valence-corrected chi connectivity index (χ2v) is 6.98. The zero-order valence-electron chi connectivity index (χ0n) is 11.3. The smallest absolute Gasteiger partial charge is 0.243 e. The number of benzene rings is 1. The third kappa shape index (κ3) is 3.11. The Hall–Kier alpha value is -1.18. The molecule has 2 atom stereocenters. The molecular weight excluding hydrogens is 283 g/mol. The number of halogens is 1. The minimum Gasteiger partial charge on any atom is -0.398 e. The molecule has 1 aromatic carbocycles. The maximum Gasteiger partial charge on any atom is 0.243 e. The summed E-state index contributed by atoms with van der Waals surface area (Å²) in [6.07, 6.45) is 1.82. The van der Waals surface area contributed by atoms with Crippen LogP contribution in [0.25, 0.3) is 0 Å². The van der Waals surface area contributed by atoms with Crippen molar-refractivity contribution in [1.29, 1.82) is 0 Å². The first-order valence-electron chi connectivity index (χ1n) is 6.54. The SMILES string of the molecule is Cc1cc(F)c(S(=O)(=O)NCC2CCCC2O)cc1N. The highest BCUT2D eigenvalue weighted by Gasteiger charge is 2.28. The number of aliphatic hydroxyl groups is 1. The lowest BCUT2D eigenvalue weighted by Gasteiger charge is -2.16. The van der Waals surface area contributed by atoms with Crippen LogP contribution in [0.1, 0.15) is 24.8 Å². The van der Waals surface area contributed by atoms with Gasteiger partial charge in [-0.2, -0.15) is 0 Å². The van der Waals surface area contributed by atoms with Crippen molar-refractivity contribution in [3.63, 3.8) is 0 Å². The minimum atomic E-state index is -3.96. The second kappa shape index (κ2) is 5.67. The summed E-state index contributed by atoms with van der Waals surface area (Å²) in [6, 6.07) is 2.23. The third-order valence-corrected chi connectivity index (χ3v) is 5.20. The van der Waals surface area contributed by atoms with E-state index >= 15 is 0 Å². The molecule has 0 amide bonds. The Morgan fingerprint density at radius 3 is 2.75 bits per heavy atom. The largest absolute Gasteiger partial charge is 0.398 e. The molecule has 112 valence electrons. The van der Waals surface area contributed by atoms with Gasteiger partial charge in [-0.1, -0.05) is 6.42 Å². The maximum absolute atomic E-state index is 13.8.